The Kier molecular flexibility index (Phi) is 8.74. The average molecular weight is 515 g/mol. The molecule has 0 unspecified atom stereocenters. The molecule has 8 heteroatoms. The van der Waals surface area contributed by atoms with Crippen molar-refractivity contribution in [1.82, 2.24) is 4.57 Å². The van der Waals surface area contributed by atoms with Crippen LogP contribution in [-0.4, -0.2) is 37.9 Å². The van der Waals surface area contributed by atoms with E-state index in [9.17, 15) is 17.6 Å². The van der Waals surface area contributed by atoms with Crippen molar-refractivity contribution in [2.75, 3.05) is 18.2 Å². The first kappa shape index (κ1) is 27.6. The largest absolute Gasteiger partial charge is 0.378 e. The van der Waals surface area contributed by atoms with Gasteiger partial charge in [0, 0.05) is 42.0 Å². The second-order valence-electron chi connectivity index (χ2n) is 9.35. The maximum absolute atomic E-state index is 13.8. The molecular formula is C28H35FN2O4S. The monoisotopic (exact) mass is 514 g/mol. The quantitative estimate of drug-likeness (QED) is 0.340. The zero-order valence-electron chi connectivity index (χ0n) is 21.8. The molecule has 1 atom stereocenters. The number of hydrogen-bond acceptors (Lipinski definition) is 4. The van der Waals surface area contributed by atoms with Crippen LogP contribution in [0.1, 0.15) is 59.6 Å². The number of nitrogens with zero attached hydrogens (tertiary/aromatic N) is 1. The maximum Gasteiger partial charge on any atom is 0.257 e. The molecule has 3 aromatic rings. The highest BCUT2D eigenvalue weighted by molar-refractivity contribution is 7.90. The van der Waals surface area contributed by atoms with E-state index in [1.165, 1.54) is 18.2 Å². The van der Waals surface area contributed by atoms with Crippen LogP contribution < -0.4 is 5.32 Å². The van der Waals surface area contributed by atoms with Crippen molar-refractivity contribution in [3.05, 3.63) is 76.4 Å². The number of rotatable bonds is 10. The van der Waals surface area contributed by atoms with Gasteiger partial charge in [0.05, 0.1) is 16.6 Å². The second kappa shape index (κ2) is 11.4. The Labute approximate surface area is 213 Å². The first-order valence-electron chi connectivity index (χ1n) is 12.1. The number of aryl methyl sites for hydroxylation is 2. The van der Waals surface area contributed by atoms with Crippen molar-refractivity contribution in [3.8, 4) is 5.69 Å². The van der Waals surface area contributed by atoms with Crippen molar-refractivity contribution in [3.63, 3.8) is 0 Å². The third kappa shape index (κ3) is 6.42. The lowest BCUT2D eigenvalue weighted by molar-refractivity contribution is 0.0635. The number of carbonyl (C=O) groups is 1. The Hall–Kier alpha value is -2.97. The van der Waals surface area contributed by atoms with Crippen molar-refractivity contribution in [2.45, 2.75) is 64.9 Å². The fourth-order valence-corrected chi connectivity index (χ4v) is 5.34. The SMILES string of the molecule is CCCCO[C@@H](C)Cc1cc(C(=O)Nc2ccc(S(C)(=O)=O)c(C)c2)c(C)n1-c1ccc(F)cc1C. The minimum Gasteiger partial charge on any atom is -0.378 e. The number of nitrogens with one attached hydrogen (secondary N) is 1. The molecule has 36 heavy (non-hydrogen) atoms. The van der Waals surface area contributed by atoms with Gasteiger partial charge in [-0.2, -0.15) is 0 Å². The number of halogens is 1. The van der Waals surface area contributed by atoms with Crippen LogP contribution in [0.15, 0.2) is 47.4 Å². The number of anilines is 1. The molecule has 0 fully saturated rings. The van der Waals surface area contributed by atoms with Crippen molar-refractivity contribution < 1.29 is 22.3 Å². The summed E-state index contributed by atoms with van der Waals surface area (Å²) in [6, 6.07) is 11.2. The molecule has 194 valence electrons. The third-order valence-electron chi connectivity index (χ3n) is 6.20. The second-order valence-corrected chi connectivity index (χ2v) is 11.3. The minimum absolute atomic E-state index is 0.0625. The van der Waals surface area contributed by atoms with E-state index < -0.39 is 9.84 Å². The van der Waals surface area contributed by atoms with Gasteiger partial charge in [-0.05, 0) is 87.7 Å². The van der Waals surface area contributed by atoms with Crippen LogP contribution in [0, 0.1) is 26.6 Å². The zero-order chi connectivity index (χ0) is 26.6. The highest BCUT2D eigenvalue weighted by atomic mass is 32.2. The number of carbonyl (C=O) groups excluding carboxylic acids is 1. The van der Waals surface area contributed by atoms with Gasteiger partial charge in [-0.3, -0.25) is 4.79 Å². The fourth-order valence-electron chi connectivity index (χ4n) is 4.38. The summed E-state index contributed by atoms with van der Waals surface area (Å²) in [4.78, 5) is 13.6. The fraction of sp³-hybridized carbons (Fsp3) is 0.393. The van der Waals surface area contributed by atoms with E-state index in [2.05, 4.69) is 12.2 Å². The smallest absolute Gasteiger partial charge is 0.257 e. The normalized spacial score (nSPS) is 12.5. The first-order chi connectivity index (χ1) is 16.9. The van der Waals surface area contributed by atoms with Gasteiger partial charge in [-0.1, -0.05) is 13.3 Å². The van der Waals surface area contributed by atoms with Crippen LogP contribution in [0.3, 0.4) is 0 Å². The number of benzene rings is 2. The summed E-state index contributed by atoms with van der Waals surface area (Å²) < 4.78 is 45.6. The van der Waals surface area contributed by atoms with Crippen LogP contribution in [0.25, 0.3) is 5.69 Å². The highest BCUT2D eigenvalue weighted by Gasteiger charge is 2.22. The zero-order valence-corrected chi connectivity index (χ0v) is 22.6. The predicted octanol–water partition coefficient (Wildman–Crippen LogP) is 5.95. The summed E-state index contributed by atoms with van der Waals surface area (Å²) >= 11 is 0. The van der Waals surface area contributed by atoms with Gasteiger partial charge in [0.1, 0.15) is 5.82 Å². The lowest BCUT2D eigenvalue weighted by Crippen LogP contribution is -2.16. The molecule has 0 bridgehead atoms. The van der Waals surface area contributed by atoms with E-state index in [4.69, 9.17) is 4.74 Å². The molecule has 0 spiro atoms. The standard InChI is InChI=1S/C28H35FN2O4S/c1-7-8-13-35-20(4)16-24-17-25(21(5)31(24)26-11-9-22(29)14-18(26)2)28(32)30-23-10-12-27(19(3)15-23)36(6,33)34/h9-12,14-15,17,20H,7-8,13,16H2,1-6H3,(H,30,32)/t20-/m0/s1. The summed E-state index contributed by atoms with van der Waals surface area (Å²) in [5.74, 6) is -0.622. The van der Waals surface area contributed by atoms with Gasteiger partial charge in [-0.25, -0.2) is 12.8 Å². The Morgan fingerprint density at radius 3 is 2.42 bits per heavy atom. The Balaban J connectivity index is 1.98. The van der Waals surface area contributed by atoms with Gasteiger partial charge in [-0.15, -0.1) is 0 Å². The summed E-state index contributed by atoms with van der Waals surface area (Å²) in [6.07, 6.45) is 3.70. The summed E-state index contributed by atoms with van der Waals surface area (Å²) in [5.41, 5.74) is 4.73. The maximum atomic E-state index is 13.8. The van der Waals surface area contributed by atoms with Gasteiger partial charge in [0.15, 0.2) is 9.84 Å². The molecule has 1 heterocycles. The van der Waals surface area contributed by atoms with E-state index in [0.717, 1.165) is 41.7 Å². The van der Waals surface area contributed by atoms with Gasteiger partial charge in [0.2, 0.25) is 0 Å². The molecular weight excluding hydrogens is 479 g/mol. The van der Waals surface area contributed by atoms with Gasteiger partial charge in [0.25, 0.3) is 5.91 Å². The minimum atomic E-state index is -3.35. The van der Waals surface area contributed by atoms with Crippen molar-refractivity contribution >= 4 is 21.4 Å². The van der Waals surface area contributed by atoms with E-state index in [0.29, 0.717) is 29.8 Å². The number of amides is 1. The van der Waals surface area contributed by atoms with Gasteiger partial charge < -0.3 is 14.6 Å². The number of unbranched alkanes of at least 4 members (excludes halogenated alkanes) is 1. The first-order valence-corrected chi connectivity index (χ1v) is 14.0. The molecule has 1 aromatic heterocycles. The number of ether oxygens (including phenoxy) is 1. The average Bonchev–Trinajstić information content (AvgIpc) is 3.09. The Morgan fingerprint density at radius 1 is 1.08 bits per heavy atom. The van der Waals surface area contributed by atoms with Crippen LogP contribution in [0.4, 0.5) is 10.1 Å². The summed E-state index contributed by atoms with van der Waals surface area (Å²) in [6.45, 7) is 10.2. The summed E-state index contributed by atoms with van der Waals surface area (Å²) in [5, 5.41) is 2.89. The van der Waals surface area contributed by atoms with E-state index in [1.807, 2.05) is 31.4 Å². The molecule has 2 aromatic carbocycles. The Morgan fingerprint density at radius 2 is 1.81 bits per heavy atom. The summed E-state index contributed by atoms with van der Waals surface area (Å²) in [7, 11) is -3.35. The van der Waals surface area contributed by atoms with E-state index in [-0.39, 0.29) is 22.7 Å². The lowest BCUT2D eigenvalue weighted by Gasteiger charge is -2.18. The molecule has 1 N–H and O–H groups in total. The van der Waals surface area contributed by atoms with Crippen molar-refractivity contribution in [2.24, 2.45) is 0 Å². The van der Waals surface area contributed by atoms with Crippen LogP contribution in [0.2, 0.25) is 0 Å². The number of aromatic nitrogens is 1. The number of sulfone groups is 1. The molecule has 3 rings (SSSR count). The lowest BCUT2D eigenvalue weighted by atomic mass is 10.1. The predicted molar refractivity (Wildman–Crippen MR) is 141 cm³/mol. The molecule has 1 amide bonds. The molecule has 0 saturated carbocycles. The van der Waals surface area contributed by atoms with Crippen molar-refractivity contribution in [1.29, 1.82) is 0 Å². The molecule has 6 nitrogen and oxygen atoms in total. The van der Waals surface area contributed by atoms with Crippen LogP contribution in [0.5, 0.6) is 0 Å². The molecule has 0 saturated heterocycles. The number of hydrogen-bond donors (Lipinski definition) is 1. The molecule has 0 aliphatic heterocycles. The van der Waals surface area contributed by atoms with Gasteiger partial charge >= 0.3 is 0 Å². The topological polar surface area (TPSA) is 77.4 Å². The van der Waals surface area contributed by atoms with E-state index >= 15 is 0 Å². The molecule has 0 aliphatic rings. The van der Waals surface area contributed by atoms with E-state index in [1.54, 1.807) is 25.1 Å². The third-order valence-corrected chi connectivity index (χ3v) is 7.45. The van der Waals surface area contributed by atoms with Crippen LogP contribution in [-0.2, 0) is 21.0 Å². The Bertz CT molecular complexity index is 1360. The molecule has 0 radical (unpaired) electrons. The van der Waals surface area contributed by atoms with Crippen LogP contribution >= 0.6 is 0 Å². The molecule has 0 aliphatic carbocycles. The highest BCUT2D eigenvalue weighted by Crippen LogP contribution is 2.27.